The summed E-state index contributed by atoms with van der Waals surface area (Å²) in [6.07, 6.45) is -2.13. The summed E-state index contributed by atoms with van der Waals surface area (Å²) in [5.41, 5.74) is -1.18. The van der Waals surface area contributed by atoms with Gasteiger partial charge in [-0.2, -0.15) is 0 Å². The van der Waals surface area contributed by atoms with Crippen molar-refractivity contribution in [1.29, 1.82) is 0 Å². The second-order valence-corrected chi connectivity index (χ2v) is 18.3. The number of esters is 1. The molecule has 0 spiro atoms. The van der Waals surface area contributed by atoms with Crippen LogP contribution in [0.1, 0.15) is 48.5 Å². The summed E-state index contributed by atoms with van der Waals surface area (Å²) in [4.78, 5) is 11.5. The largest absolute Gasteiger partial charge is 0.435 e. The normalized spacial score (nSPS) is 43.7. The highest BCUT2D eigenvalue weighted by Gasteiger charge is 2.59. The van der Waals surface area contributed by atoms with Crippen molar-refractivity contribution in [2.75, 3.05) is 7.11 Å². The van der Waals surface area contributed by atoms with Crippen LogP contribution in [0.25, 0.3) is 0 Å². The van der Waals surface area contributed by atoms with Crippen LogP contribution in [-0.2, 0) is 28.2 Å². The Bertz CT molecular complexity index is 669. The Morgan fingerprint density at radius 1 is 1.09 bits per heavy atom. The fourth-order valence-electron chi connectivity index (χ4n) is 4.41. The van der Waals surface area contributed by atoms with Crippen LogP contribution in [0.3, 0.4) is 0 Å². The number of aliphatic hydroxyl groups is 1. The van der Waals surface area contributed by atoms with E-state index in [9.17, 15) is 9.90 Å². The minimum Gasteiger partial charge on any atom is -0.435 e. The number of ether oxygens (including phenoxy) is 4. The molecule has 2 rings (SSSR count). The molecule has 0 saturated carbocycles. The molecule has 0 aliphatic carbocycles. The Morgan fingerprint density at radius 2 is 1.66 bits per heavy atom. The molecule has 0 aromatic carbocycles. The summed E-state index contributed by atoms with van der Waals surface area (Å²) >= 11 is 4.48. The second-order valence-electron chi connectivity index (χ2n) is 10.8. The summed E-state index contributed by atoms with van der Waals surface area (Å²) < 4.78 is 30.2. The quantitative estimate of drug-likeness (QED) is 0.197. The van der Waals surface area contributed by atoms with E-state index in [-0.39, 0.29) is 45.4 Å². The van der Waals surface area contributed by atoms with E-state index in [2.05, 4.69) is 79.0 Å². The standard InChI is InChI=1S/C22H40I2O7Si/c1-11-14(22(7,26)19(24)20(29-11)30-13(3)25)17-15(23)18(27-8)16(12(2)28-17)31-32(9,10)21(4,5)6/h11-12,14-20,26H,1-10H3/t11-,12+,14+,15-,16+,17-,18+,19-,20-,22+/m0/s1. The van der Waals surface area contributed by atoms with Crippen LogP contribution in [0.15, 0.2) is 0 Å². The number of carbonyl (C=O) groups is 1. The molecule has 0 bridgehead atoms. The van der Waals surface area contributed by atoms with Gasteiger partial charge in [-0.25, -0.2) is 0 Å². The Kier molecular flexibility index (Phi) is 9.59. The van der Waals surface area contributed by atoms with E-state index in [1.165, 1.54) is 6.92 Å². The van der Waals surface area contributed by atoms with Crippen molar-refractivity contribution in [2.45, 2.75) is 117 Å². The van der Waals surface area contributed by atoms with Crippen LogP contribution >= 0.6 is 45.2 Å². The van der Waals surface area contributed by atoms with Crippen molar-refractivity contribution in [1.82, 2.24) is 0 Å². The molecule has 0 aromatic rings. The molecule has 188 valence electrons. The van der Waals surface area contributed by atoms with Gasteiger partial charge in [-0.3, -0.25) is 4.79 Å². The van der Waals surface area contributed by atoms with Gasteiger partial charge < -0.3 is 28.5 Å². The van der Waals surface area contributed by atoms with Crippen molar-refractivity contribution in [3.8, 4) is 0 Å². The number of carbonyl (C=O) groups excluding carboxylic acids is 1. The number of hydrogen-bond donors (Lipinski definition) is 1. The lowest BCUT2D eigenvalue weighted by Gasteiger charge is -2.55. The van der Waals surface area contributed by atoms with E-state index in [1.807, 2.05) is 13.8 Å². The zero-order chi connectivity index (χ0) is 24.8. The molecule has 2 saturated heterocycles. The zero-order valence-electron chi connectivity index (χ0n) is 20.8. The monoisotopic (exact) mass is 698 g/mol. The first-order valence-corrected chi connectivity index (χ1v) is 16.5. The van der Waals surface area contributed by atoms with Crippen LogP contribution in [0.2, 0.25) is 18.1 Å². The van der Waals surface area contributed by atoms with Gasteiger partial charge in [0.2, 0.25) is 6.29 Å². The lowest BCUT2D eigenvalue weighted by atomic mass is 9.74. The van der Waals surface area contributed by atoms with Crippen molar-refractivity contribution in [2.24, 2.45) is 5.92 Å². The van der Waals surface area contributed by atoms with E-state index in [0.29, 0.717) is 0 Å². The van der Waals surface area contributed by atoms with Crippen LogP contribution in [0, 0.1) is 5.92 Å². The molecule has 2 aliphatic heterocycles. The van der Waals surface area contributed by atoms with Gasteiger partial charge in [0.1, 0.15) is 3.92 Å². The lowest BCUT2D eigenvalue weighted by Crippen LogP contribution is -2.68. The van der Waals surface area contributed by atoms with Gasteiger partial charge in [-0.1, -0.05) is 66.0 Å². The maximum Gasteiger partial charge on any atom is 0.304 e. The fraction of sp³-hybridized carbons (Fsp3) is 0.955. The minimum atomic E-state index is -2.05. The van der Waals surface area contributed by atoms with Gasteiger partial charge in [-0.15, -0.1) is 0 Å². The average Bonchev–Trinajstić information content (AvgIpc) is 2.62. The number of halogens is 2. The van der Waals surface area contributed by atoms with Crippen molar-refractivity contribution >= 4 is 59.5 Å². The van der Waals surface area contributed by atoms with Gasteiger partial charge in [0.15, 0.2) is 8.32 Å². The molecule has 2 fully saturated rings. The lowest BCUT2D eigenvalue weighted by molar-refractivity contribution is -0.272. The van der Waals surface area contributed by atoms with Crippen LogP contribution in [0.4, 0.5) is 0 Å². The Balaban J connectivity index is 2.31. The van der Waals surface area contributed by atoms with Crippen LogP contribution < -0.4 is 0 Å². The number of alkyl halides is 2. The van der Waals surface area contributed by atoms with Gasteiger partial charge in [0.05, 0.1) is 40.0 Å². The predicted octanol–water partition coefficient (Wildman–Crippen LogP) is 4.46. The third-order valence-corrected chi connectivity index (χ3v) is 15.0. The molecular formula is C22H40I2O7Si. The summed E-state index contributed by atoms with van der Waals surface area (Å²) in [7, 11) is -0.336. The first-order chi connectivity index (χ1) is 14.5. The molecule has 0 radical (unpaired) electrons. The first-order valence-electron chi connectivity index (χ1n) is 11.1. The molecule has 2 heterocycles. The van der Waals surface area contributed by atoms with Crippen molar-refractivity contribution < 1.29 is 33.3 Å². The highest BCUT2D eigenvalue weighted by molar-refractivity contribution is 14.1. The molecule has 32 heavy (non-hydrogen) atoms. The molecule has 0 amide bonds. The second kappa shape index (κ2) is 10.5. The zero-order valence-corrected chi connectivity index (χ0v) is 26.2. The van der Waals surface area contributed by atoms with E-state index >= 15 is 0 Å². The van der Waals surface area contributed by atoms with Crippen LogP contribution in [-0.4, -0.2) is 76.8 Å². The van der Waals surface area contributed by atoms with Gasteiger partial charge in [-0.05, 0) is 38.9 Å². The molecule has 10 atom stereocenters. The summed E-state index contributed by atoms with van der Waals surface area (Å²) in [5, 5.41) is 11.7. The maximum absolute atomic E-state index is 11.6. The molecule has 10 heteroatoms. The highest BCUT2D eigenvalue weighted by atomic mass is 127. The Morgan fingerprint density at radius 3 is 2.12 bits per heavy atom. The maximum atomic E-state index is 11.6. The van der Waals surface area contributed by atoms with Gasteiger partial charge >= 0.3 is 5.97 Å². The minimum absolute atomic E-state index is 0.0676. The molecule has 2 aliphatic rings. The van der Waals surface area contributed by atoms with Gasteiger partial charge in [0, 0.05) is 20.0 Å². The molecule has 0 unspecified atom stereocenters. The molecule has 0 aromatic heterocycles. The third-order valence-electron chi connectivity index (χ3n) is 7.26. The summed E-state index contributed by atoms with van der Waals surface area (Å²) in [6, 6.07) is 0. The highest BCUT2D eigenvalue weighted by Crippen LogP contribution is 2.47. The fourth-order valence-corrected chi connectivity index (χ4v) is 7.82. The Hall–Kier alpha value is 0.947. The van der Waals surface area contributed by atoms with Crippen LogP contribution in [0.5, 0.6) is 0 Å². The molecule has 1 N–H and O–H groups in total. The van der Waals surface area contributed by atoms with Crippen molar-refractivity contribution in [3.05, 3.63) is 0 Å². The smallest absolute Gasteiger partial charge is 0.304 e. The third kappa shape index (κ3) is 5.84. The van der Waals surface area contributed by atoms with E-state index < -0.39 is 30.1 Å². The molecule has 7 nitrogen and oxygen atoms in total. The van der Waals surface area contributed by atoms with E-state index in [0.717, 1.165) is 0 Å². The first kappa shape index (κ1) is 29.2. The Labute approximate surface area is 221 Å². The van der Waals surface area contributed by atoms with E-state index in [1.54, 1.807) is 14.0 Å². The average molecular weight is 698 g/mol. The van der Waals surface area contributed by atoms with E-state index in [4.69, 9.17) is 23.4 Å². The number of hydrogen-bond acceptors (Lipinski definition) is 7. The SMILES string of the molecule is CO[C@@H]1[C@@H](I)[C@H]([C@H]2[C@H](C)O[C@@H](OC(C)=O)[C@H](I)[C@]2(C)O)O[C@H](C)[C@H]1O[Si](C)(C)C(C)(C)C. The topological polar surface area (TPSA) is 83.5 Å². The number of methoxy groups -OCH3 is 1. The summed E-state index contributed by atoms with van der Waals surface area (Å²) in [6.45, 7) is 18.2. The number of rotatable bonds is 5. The molecular weight excluding hydrogens is 658 g/mol. The predicted molar refractivity (Wildman–Crippen MR) is 143 cm³/mol. The van der Waals surface area contributed by atoms with Gasteiger partial charge in [0.25, 0.3) is 0 Å². The van der Waals surface area contributed by atoms with Crippen molar-refractivity contribution in [3.63, 3.8) is 0 Å². The summed E-state index contributed by atoms with van der Waals surface area (Å²) in [5.74, 6) is -0.774.